The molecule has 2 amide bonds. The first kappa shape index (κ1) is 18.6. The van der Waals surface area contributed by atoms with Crippen molar-refractivity contribution in [2.45, 2.75) is 26.6 Å². The van der Waals surface area contributed by atoms with Gasteiger partial charge in [0.05, 0.1) is 13.7 Å². The van der Waals surface area contributed by atoms with E-state index in [1.807, 2.05) is 48.7 Å². The molecule has 0 aliphatic carbocycles. The summed E-state index contributed by atoms with van der Waals surface area (Å²) in [7, 11) is 1.63. The fourth-order valence-electron chi connectivity index (χ4n) is 2.93. The van der Waals surface area contributed by atoms with E-state index in [0.717, 1.165) is 23.6 Å². The van der Waals surface area contributed by atoms with Gasteiger partial charge in [0, 0.05) is 25.0 Å². The number of carbonyl (C=O) groups is 1. The van der Waals surface area contributed by atoms with Gasteiger partial charge in [-0.1, -0.05) is 36.4 Å². The Morgan fingerprint density at radius 1 is 1.00 bits per heavy atom. The van der Waals surface area contributed by atoms with Crippen LogP contribution in [0.1, 0.15) is 22.4 Å². The van der Waals surface area contributed by atoms with Crippen molar-refractivity contribution in [1.82, 2.24) is 15.2 Å². The number of amides is 2. The Morgan fingerprint density at radius 3 is 2.63 bits per heavy atom. The summed E-state index contributed by atoms with van der Waals surface area (Å²) in [5, 5.41) is 5.80. The van der Waals surface area contributed by atoms with Gasteiger partial charge in [-0.25, -0.2) is 4.79 Å². The molecule has 0 fully saturated rings. The first-order valence-corrected chi connectivity index (χ1v) is 8.99. The monoisotopic (exact) mass is 363 g/mol. The molecule has 2 N–H and O–H groups in total. The number of hydrogen-bond donors (Lipinski definition) is 2. The number of hydrogen-bond acceptors (Lipinski definition) is 2. The number of benzene rings is 2. The second-order valence-corrected chi connectivity index (χ2v) is 6.44. The maximum Gasteiger partial charge on any atom is 0.315 e. The van der Waals surface area contributed by atoms with Crippen LogP contribution in [0.4, 0.5) is 4.79 Å². The van der Waals surface area contributed by atoms with Gasteiger partial charge in [-0.05, 0) is 47.9 Å². The largest absolute Gasteiger partial charge is 0.497 e. The lowest BCUT2D eigenvalue weighted by Crippen LogP contribution is -2.35. The summed E-state index contributed by atoms with van der Waals surface area (Å²) in [5.74, 6) is 0.781. The summed E-state index contributed by atoms with van der Waals surface area (Å²) >= 11 is 0. The first-order chi connectivity index (χ1) is 13.2. The molecular weight excluding hydrogens is 338 g/mol. The zero-order chi connectivity index (χ0) is 19.1. The lowest BCUT2D eigenvalue weighted by molar-refractivity contribution is 0.240. The minimum absolute atomic E-state index is 0.193. The van der Waals surface area contributed by atoms with Gasteiger partial charge < -0.3 is 19.9 Å². The molecular formula is C22H25N3O2. The van der Waals surface area contributed by atoms with Crippen molar-refractivity contribution in [2.24, 2.45) is 0 Å². The second-order valence-electron chi connectivity index (χ2n) is 6.44. The molecule has 2 aromatic carbocycles. The summed E-state index contributed by atoms with van der Waals surface area (Å²) in [4.78, 5) is 12.1. The Balaban J connectivity index is 1.52. The lowest BCUT2D eigenvalue weighted by atomic mass is 10.1. The molecule has 3 rings (SSSR count). The average Bonchev–Trinajstić information content (AvgIpc) is 3.13. The number of aryl methyl sites for hydroxylation is 1. The molecule has 5 nitrogen and oxygen atoms in total. The zero-order valence-electron chi connectivity index (χ0n) is 15.7. The first-order valence-electron chi connectivity index (χ1n) is 8.99. The van der Waals surface area contributed by atoms with E-state index in [0.29, 0.717) is 13.1 Å². The SMILES string of the molecule is COc1cccc(CNC(=O)NCc2cccn2Cc2ccccc2C)c1. The molecule has 0 spiro atoms. The Morgan fingerprint density at radius 2 is 1.81 bits per heavy atom. The number of methoxy groups -OCH3 is 1. The van der Waals surface area contributed by atoms with Crippen molar-refractivity contribution in [3.05, 3.63) is 89.2 Å². The molecule has 0 unspecified atom stereocenters. The quantitative estimate of drug-likeness (QED) is 0.670. The molecule has 1 heterocycles. The number of carbonyl (C=O) groups excluding carboxylic acids is 1. The summed E-state index contributed by atoms with van der Waals surface area (Å²) in [6.45, 7) is 3.83. The van der Waals surface area contributed by atoms with Gasteiger partial charge in [0.1, 0.15) is 5.75 Å². The molecule has 3 aromatic rings. The van der Waals surface area contributed by atoms with Crippen LogP contribution in [-0.2, 0) is 19.6 Å². The smallest absolute Gasteiger partial charge is 0.315 e. The van der Waals surface area contributed by atoms with Crippen LogP contribution in [0.2, 0.25) is 0 Å². The van der Waals surface area contributed by atoms with Crippen LogP contribution in [0.5, 0.6) is 5.75 Å². The number of nitrogens with zero attached hydrogens (tertiary/aromatic N) is 1. The van der Waals surface area contributed by atoms with Gasteiger partial charge in [-0.2, -0.15) is 0 Å². The molecule has 0 saturated carbocycles. The number of nitrogens with one attached hydrogen (secondary N) is 2. The van der Waals surface area contributed by atoms with E-state index in [4.69, 9.17) is 4.74 Å². The van der Waals surface area contributed by atoms with Crippen molar-refractivity contribution in [3.8, 4) is 5.75 Å². The summed E-state index contributed by atoms with van der Waals surface area (Å²) < 4.78 is 7.35. The highest BCUT2D eigenvalue weighted by atomic mass is 16.5. The van der Waals surface area contributed by atoms with Crippen molar-refractivity contribution < 1.29 is 9.53 Å². The number of urea groups is 1. The third-order valence-electron chi connectivity index (χ3n) is 4.54. The fraction of sp³-hybridized carbons (Fsp3) is 0.227. The maximum atomic E-state index is 12.1. The highest BCUT2D eigenvalue weighted by Gasteiger charge is 2.06. The van der Waals surface area contributed by atoms with Crippen molar-refractivity contribution in [1.29, 1.82) is 0 Å². The Hall–Kier alpha value is -3.21. The minimum Gasteiger partial charge on any atom is -0.497 e. The molecule has 0 saturated heterocycles. The lowest BCUT2D eigenvalue weighted by Gasteiger charge is -2.13. The molecule has 1 aromatic heterocycles. The van der Waals surface area contributed by atoms with E-state index in [-0.39, 0.29) is 6.03 Å². The predicted octanol–water partition coefficient (Wildman–Crippen LogP) is 3.85. The van der Waals surface area contributed by atoms with E-state index in [1.54, 1.807) is 7.11 Å². The minimum atomic E-state index is -0.193. The molecule has 5 heteroatoms. The van der Waals surface area contributed by atoms with Crippen molar-refractivity contribution in [2.75, 3.05) is 7.11 Å². The van der Waals surface area contributed by atoms with Gasteiger partial charge >= 0.3 is 6.03 Å². The Kier molecular flexibility index (Phi) is 6.15. The number of rotatable bonds is 7. The van der Waals surface area contributed by atoms with Crippen LogP contribution in [0.25, 0.3) is 0 Å². The van der Waals surface area contributed by atoms with Gasteiger partial charge in [0.25, 0.3) is 0 Å². The third kappa shape index (κ3) is 5.14. The van der Waals surface area contributed by atoms with Crippen LogP contribution in [0.15, 0.2) is 66.9 Å². The predicted molar refractivity (Wildman–Crippen MR) is 107 cm³/mol. The number of aromatic nitrogens is 1. The summed E-state index contributed by atoms with van der Waals surface area (Å²) in [6, 6.07) is 19.8. The topological polar surface area (TPSA) is 55.3 Å². The van der Waals surface area contributed by atoms with Gasteiger partial charge in [0.2, 0.25) is 0 Å². The van der Waals surface area contributed by atoms with Crippen molar-refractivity contribution >= 4 is 6.03 Å². The summed E-state index contributed by atoms with van der Waals surface area (Å²) in [5.41, 5.74) is 4.60. The third-order valence-corrected chi connectivity index (χ3v) is 4.54. The molecule has 0 aliphatic rings. The Bertz CT molecular complexity index is 902. The second kappa shape index (κ2) is 8.94. The van der Waals surface area contributed by atoms with Gasteiger partial charge in [-0.15, -0.1) is 0 Å². The molecule has 0 bridgehead atoms. The van der Waals surface area contributed by atoms with E-state index in [9.17, 15) is 4.79 Å². The molecule has 0 radical (unpaired) electrons. The average molecular weight is 363 g/mol. The van der Waals surface area contributed by atoms with E-state index < -0.39 is 0 Å². The normalized spacial score (nSPS) is 10.4. The number of ether oxygens (including phenoxy) is 1. The van der Waals surface area contributed by atoms with E-state index >= 15 is 0 Å². The highest BCUT2D eigenvalue weighted by Crippen LogP contribution is 2.13. The highest BCUT2D eigenvalue weighted by molar-refractivity contribution is 5.73. The zero-order valence-corrected chi connectivity index (χ0v) is 15.7. The van der Waals surface area contributed by atoms with Crippen LogP contribution >= 0.6 is 0 Å². The summed E-state index contributed by atoms with van der Waals surface area (Å²) in [6.07, 6.45) is 2.04. The Labute approximate surface area is 160 Å². The van der Waals surface area contributed by atoms with Crippen LogP contribution < -0.4 is 15.4 Å². The van der Waals surface area contributed by atoms with Crippen LogP contribution in [-0.4, -0.2) is 17.7 Å². The molecule has 0 aliphatic heterocycles. The molecule has 140 valence electrons. The maximum absolute atomic E-state index is 12.1. The van der Waals surface area contributed by atoms with Gasteiger partial charge in [-0.3, -0.25) is 0 Å². The standard InChI is InChI=1S/C22H25N3O2/c1-17-7-3-4-9-19(17)16-25-12-6-10-20(25)15-24-22(26)23-14-18-8-5-11-21(13-18)27-2/h3-13H,14-16H2,1-2H3,(H2,23,24,26). The van der Waals surface area contributed by atoms with E-state index in [2.05, 4.69) is 40.3 Å². The molecule has 0 atom stereocenters. The van der Waals surface area contributed by atoms with E-state index in [1.165, 1.54) is 11.1 Å². The van der Waals surface area contributed by atoms with Crippen molar-refractivity contribution in [3.63, 3.8) is 0 Å². The molecule has 27 heavy (non-hydrogen) atoms. The van der Waals surface area contributed by atoms with Crippen LogP contribution in [0, 0.1) is 6.92 Å². The van der Waals surface area contributed by atoms with Gasteiger partial charge in [0.15, 0.2) is 0 Å². The fourth-order valence-corrected chi connectivity index (χ4v) is 2.93. The van der Waals surface area contributed by atoms with Crippen LogP contribution in [0.3, 0.4) is 0 Å².